The molecule has 0 aliphatic rings. The van der Waals surface area contributed by atoms with Crippen LogP contribution in [0.5, 0.6) is 0 Å². The highest BCUT2D eigenvalue weighted by Gasteiger charge is 2.17. The number of hydrogen-bond donors (Lipinski definition) is 0. The Morgan fingerprint density at radius 1 is 1.22 bits per heavy atom. The summed E-state index contributed by atoms with van der Waals surface area (Å²) < 4.78 is 4.13. The van der Waals surface area contributed by atoms with Crippen molar-refractivity contribution in [3.63, 3.8) is 0 Å². The second-order valence-electron chi connectivity index (χ2n) is 5.45. The van der Waals surface area contributed by atoms with Crippen molar-refractivity contribution in [3.05, 3.63) is 52.8 Å². The van der Waals surface area contributed by atoms with Crippen LogP contribution in [-0.2, 0) is 29.1 Å². The molecule has 0 saturated carbocycles. The molecular weight excluding hydrogens is 292 g/mol. The Kier molecular flexibility index (Phi) is 7.19. The van der Waals surface area contributed by atoms with Crippen LogP contribution < -0.4 is 9.79 Å². The second kappa shape index (κ2) is 8.88. The zero-order valence-corrected chi connectivity index (χ0v) is 14.2. The molecular formula is C18H24N2O3. The number of hydrogen-bond acceptors (Lipinski definition) is 3. The Labute approximate surface area is 137 Å². The first kappa shape index (κ1) is 18.6. The molecule has 0 radical (unpaired) electrons. The predicted molar refractivity (Wildman–Crippen MR) is 85.7 cm³/mol. The van der Waals surface area contributed by atoms with Crippen molar-refractivity contribution in [1.82, 2.24) is 4.68 Å². The molecule has 5 heteroatoms. The van der Waals surface area contributed by atoms with Gasteiger partial charge >= 0.3 is 0 Å². The predicted octanol–water partition coefficient (Wildman–Crippen LogP) is 0.899. The van der Waals surface area contributed by atoms with Gasteiger partial charge in [-0.25, -0.2) is 0 Å². The third-order valence-electron chi connectivity index (χ3n) is 3.86. The molecule has 0 atom stereocenters. The number of rotatable bonds is 5. The first-order valence-corrected chi connectivity index (χ1v) is 7.62. The molecule has 2 rings (SSSR count). The number of aryl methyl sites for hydroxylation is 3. The van der Waals surface area contributed by atoms with E-state index in [1.807, 2.05) is 16.9 Å². The fourth-order valence-electron chi connectivity index (χ4n) is 2.69. The zero-order chi connectivity index (χ0) is 17.4. The molecule has 0 aliphatic carbocycles. The maximum absolute atomic E-state index is 12.3. The van der Waals surface area contributed by atoms with Crippen LogP contribution in [0.4, 0.5) is 0 Å². The quantitative estimate of drug-likeness (QED) is 0.608. The maximum Gasteiger partial charge on any atom is 0.230 e. The second-order valence-corrected chi connectivity index (χ2v) is 5.45. The molecule has 0 saturated heterocycles. The molecule has 124 valence electrons. The van der Waals surface area contributed by atoms with E-state index in [1.165, 1.54) is 22.4 Å². The Hall–Kier alpha value is -2.43. The highest BCUT2D eigenvalue weighted by molar-refractivity contribution is 5.80. The van der Waals surface area contributed by atoms with Crippen molar-refractivity contribution in [2.75, 3.05) is 0 Å². The number of nitrogens with zero attached hydrogens (tertiary/aromatic N) is 2. The van der Waals surface area contributed by atoms with Crippen LogP contribution in [0, 0.1) is 20.8 Å². The number of benzene rings is 1. The van der Waals surface area contributed by atoms with Crippen LogP contribution in [-0.4, -0.2) is 16.9 Å². The van der Waals surface area contributed by atoms with E-state index in [0.717, 1.165) is 6.54 Å². The van der Waals surface area contributed by atoms with E-state index in [-0.39, 0.29) is 5.78 Å². The number of ketones is 1. The molecule has 2 aromatic rings. The van der Waals surface area contributed by atoms with Gasteiger partial charge in [0, 0.05) is 19.0 Å². The van der Waals surface area contributed by atoms with E-state index >= 15 is 0 Å². The Morgan fingerprint density at radius 3 is 2.30 bits per heavy atom. The monoisotopic (exact) mass is 316 g/mol. The minimum Gasteiger partial charge on any atom is -0.554 e. The highest BCUT2D eigenvalue weighted by atomic mass is 16.3. The molecule has 0 amide bonds. The molecule has 1 heterocycles. The highest BCUT2D eigenvalue weighted by Crippen LogP contribution is 2.14. The number of aromatic nitrogens is 2. The molecule has 0 unspecified atom stereocenters. The van der Waals surface area contributed by atoms with Gasteiger partial charge in [-0.05, 0) is 44.4 Å². The lowest BCUT2D eigenvalue weighted by molar-refractivity contribution is -0.764. The molecule has 0 spiro atoms. The van der Waals surface area contributed by atoms with Crippen molar-refractivity contribution in [2.24, 2.45) is 0 Å². The largest absolute Gasteiger partial charge is 0.554 e. The van der Waals surface area contributed by atoms with Gasteiger partial charge in [-0.2, -0.15) is 4.68 Å². The van der Waals surface area contributed by atoms with E-state index in [1.54, 1.807) is 0 Å². The van der Waals surface area contributed by atoms with E-state index < -0.39 is 6.47 Å². The minimum atomic E-state index is -0.500. The van der Waals surface area contributed by atoms with Gasteiger partial charge in [0.15, 0.2) is 6.20 Å². The van der Waals surface area contributed by atoms with Crippen LogP contribution in [0.2, 0.25) is 0 Å². The van der Waals surface area contributed by atoms with Gasteiger partial charge in [0.05, 0.1) is 12.2 Å². The fourth-order valence-corrected chi connectivity index (χ4v) is 2.69. The standard InChI is InChI=1S/C17H23N2O.CH2O2/c1-5-19-15(4)9-10-18(19)12-16(20)11-17-13(2)7-6-8-14(17)3;2-1-3/h6-10H,5,11-12H2,1-4H3;1H,(H,2,3)/q+1;/p-1. The van der Waals surface area contributed by atoms with Crippen molar-refractivity contribution in [1.29, 1.82) is 0 Å². The summed E-state index contributed by atoms with van der Waals surface area (Å²) >= 11 is 0. The van der Waals surface area contributed by atoms with Crippen LogP contribution >= 0.6 is 0 Å². The molecule has 23 heavy (non-hydrogen) atoms. The summed E-state index contributed by atoms with van der Waals surface area (Å²) in [6.07, 6.45) is 2.50. The van der Waals surface area contributed by atoms with Crippen molar-refractivity contribution in [2.45, 2.75) is 47.2 Å². The summed E-state index contributed by atoms with van der Waals surface area (Å²) in [5, 5.41) is 8.25. The summed E-state index contributed by atoms with van der Waals surface area (Å²) in [5.74, 6) is 0.250. The zero-order valence-electron chi connectivity index (χ0n) is 14.2. The Morgan fingerprint density at radius 2 is 1.78 bits per heavy atom. The van der Waals surface area contributed by atoms with Gasteiger partial charge in [-0.1, -0.05) is 18.2 Å². The number of carboxylic acid groups (broad SMARTS) is 1. The topological polar surface area (TPSA) is 66.0 Å². The lowest BCUT2D eigenvalue weighted by atomic mass is 9.98. The van der Waals surface area contributed by atoms with Gasteiger partial charge in [-0.3, -0.25) is 4.79 Å². The molecule has 0 N–H and O–H groups in total. The van der Waals surface area contributed by atoms with Gasteiger partial charge in [0.25, 0.3) is 0 Å². The van der Waals surface area contributed by atoms with Gasteiger partial charge in [-0.15, -0.1) is 4.68 Å². The Balaban J connectivity index is 0.000000816. The third kappa shape index (κ3) is 5.06. The SMILES string of the molecule is CCn1c(C)cc[n+]1CC(=O)Cc1c(C)cccc1C.O=C[O-]. The average molecular weight is 316 g/mol. The maximum atomic E-state index is 12.3. The van der Waals surface area contributed by atoms with Crippen molar-refractivity contribution in [3.8, 4) is 0 Å². The minimum absolute atomic E-state index is 0.250. The van der Waals surface area contributed by atoms with Crippen molar-refractivity contribution >= 4 is 12.3 Å². The van der Waals surface area contributed by atoms with Gasteiger partial charge < -0.3 is 9.90 Å². The van der Waals surface area contributed by atoms with E-state index in [2.05, 4.69) is 50.6 Å². The molecule has 0 fully saturated rings. The first-order chi connectivity index (χ1) is 10.9. The van der Waals surface area contributed by atoms with Crippen LogP contribution in [0.25, 0.3) is 0 Å². The van der Waals surface area contributed by atoms with Crippen LogP contribution in [0.3, 0.4) is 0 Å². The average Bonchev–Trinajstić information content (AvgIpc) is 2.84. The molecule has 1 aromatic heterocycles. The summed E-state index contributed by atoms with van der Waals surface area (Å²) in [5.41, 5.74) is 4.76. The smallest absolute Gasteiger partial charge is 0.230 e. The Bertz CT molecular complexity index is 655. The van der Waals surface area contributed by atoms with E-state index in [0.29, 0.717) is 13.0 Å². The normalized spacial score (nSPS) is 9.91. The summed E-state index contributed by atoms with van der Waals surface area (Å²) in [4.78, 5) is 20.6. The fraction of sp³-hybridized carbons (Fsp3) is 0.389. The molecule has 5 nitrogen and oxygen atoms in total. The summed E-state index contributed by atoms with van der Waals surface area (Å²) in [7, 11) is 0. The van der Waals surface area contributed by atoms with E-state index in [9.17, 15) is 4.79 Å². The van der Waals surface area contributed by atoms with Crippen molar-refractivity contribution < 1.29 is 19.4 Å². The van der Waals surface area contributed by atoms with E-state index in [4.69, 9.17) is 9.90 Å². The van der Waals surface area contributed by atoms with Crippen LogP contribution in [0.15, 0.2) is 30.5 Å². The van der Waals surface area contributed by atoms with Gasteiger partial charge in [0.2, 0.25) is 12.3 Å². The third-order valence-corrected chi connectivity index (χ3v) is 3.86. The number of carbonyl (C=O) groups is 2. The number of Topliss-reactive ketones (excluding diaryl/α,β-unsaturated/α-hetero) is 1. The molecule has 1 aromatic carbocycles. The lowest BCUT2D eigenvalue weighted by Crippen LogP contribution is -2.46. The molecule has 0 bridgehead atoms. The molecule has 0 aliphatic heterocycles. The van der Waals surface area contributed by atoms with Gasteiger partial charge in [0.1, 0.15) is 0 Å². The number of carbonyl (C=O) groups excluding carboxylic acids is 2. The summed E-state index contributed by atoms with van der Waals surface area (Å²) in [6.45, 7) is 9.13. The summed E-state index contributed by atoms with van der Waals surface area (Å²) in [6, 6.07) is 8.23. The lowest BCUT2D eigenvalue weighted by Gasteiger charge is -2.08. The van der Waals surface area contributed by atoms with Crippen LogP contribution in [0.1, 0.15) is 29.3 Å². The first-order valence-electron chi connectivity index (χ1n) is 7.62.